The van der Waals surface area contributed by atoms with E-state index in [2.05, 4.69) is 5.32 Å². The minimum absolute atomic E-state index is 0.0902. The maximum Gasteiger partial charge on any atom is 0.347 e. The summed E-state index contributed by atoms with van der Waals surface area (Å²) in [5.41, 5.74) is 0.661. The molecule has 0 amide bonds. The second kappa shape index (κ2) is 6.96. The van der Waals surface area contributed by atoms with Crippen LogP contribution in [0.15, 0.2) is 18.2 Å². The Balaban J connectivity index is 2.85. The fraction of sp³-hybridized carbons (Fsp3) is 0.462. The summed E-state index contributed by atoms with van der Waals surface area (Å²) in [5.74, 6) is -0.900. The SMILES string of the molecule is CCOC(=O)C(C)Oc1c(F)cccc1CNC. The lowest BCUT2D eigenvalue weighted by molar-refractivity contribution is -0.150. The summed E-state index contributed by atoms with van der Waals surface area (Å²) in [6.45, 7) is 3.98. The van der Waals surface area contributed by atoms with Gasteiger partial charge in [-0.15, -0.1) is 0 Å². The van der Waals surface area contributed by atoms with E-state index in [0.29, 0.717) is 12.1 Å². The summed E-state index contributed by atoms with van der Waals surface area (Å²) in [7, 11) is 1.75. The fourth-order valence-corrected chi connectivity index (χ4v) is 1.50. The Labute approximate surface area is 106 Å². The topological polar surface area (TPSA) is 47.6 Å². The molecule has 0 saturated carbocycles. The molecule has 1 rings (SSSR count). The van der Waals surface area contributed by atoms with Crippen LogP contribution in [0.5, 0.6) is 5.75 Å². The van der Waals surface area contributed by atoms with Crippen molar-refractivity contribution in [1.82, 2.24) is 5.32 Å². The Bertz CT molecular complexity index is 409. The van der Waals surface area contributed by atoms with Crippen LogP contribution in [0.1, 0.15) is 19.4 Å². The zero-order valence-corrected chi connectivity index (χ0v) is 10.8. The first-order valence-corrected chi connectivity index (χ1v) is 5.85. The number of rotatable bonds is 6. The van der Waals surface area contributed by atoms with Crippen molar-refractivity contribution in [2.24, 2.45) is 0 Å². The third-order valence-corrected chi connectivity index (χ3v) is 2.33. The molecular weight excluding hydrogens is 237 g/mol. The van der Waals surface area contributed by atoms with E-state index in [4.69, 9.17) is 9.47 Å². The van der Waals surface area contributed by atoms with Gasteiger partial charge in [0.25, 0.3) is 0 Å². The summed E-state index contributed by atoms with van der Waals surface area (Å²) < 4.78 is 23.8. The van der Waals surface area contributed by atoms with E-state index in [1.807, 2.05) is 0 Å². The van der Waals surface area contributed by atoms with E-state index in [9.17, 15) is 9.18 Å². The van der Waals surface area contributed by atoms with Crippen LogP contribution in [0.25, 0.3) is 0 Å². The Kier molecular flexibility index (Phi) is 5.58. The van der Waals surface area contributed by atoms with Gasteiger partial charge in [-0.3, -0.25) is 0 Å². The molecular formula is C13H18FNO3. The monoisotopic (exact) mass is 255 g/mol. The van der Waals surface area contributed by atoms with Gasteiger partial charge in [0.05, 0.1) is 6.61 Å². The highest BCUT2D eigenvalue weighted by molar-refractivity contribution is 5.74. The summed E-state index contributed by atoms with van der Waals surface area (Å²) in [5, 5.41) is 2.92. The van der Waals surface area contributed by atoms with Gasteiger partial charge in [-0.2, -0.15) is 0 Å². The first-order valence-electron chi connectivity index (χ1n) is 5.85. The summed E-state index contributed by atoms with van der Waals surface area (Å²) in [6.07, 6.45) is -0.836. The van der Waals surface area contributed by atoms with E-state index < -0.39 is 17.9 Å². The average molecular weight is 255 g/mol. The molecule has 1 aromatic rings. The van der Waals surface area contributed by atoms with Crippen molar-refractivity contribution in [2.45, 2.75) is 26.5 Å². The highest BCUT2D eigenvalue weighted by Crippen LogP contribution is 2.24. The van der Waals surface area contributed by atoms with Gasteiger partial charge in [0.15, 0.2) is 17.7 Å². The fourth-order valence-electron chi connectivity index (χ4n) is 1.50. The first-order chi connectivity index (χ1) is 8.60. The number of nitrogens with one attached hydrogen (secondary N) is 1. The number of esters is 1. The van der Waals surface area contributed by atoms with Crippen molar-refractivity contribution in [3.8, 4) is 5.75 Å². The van der Waals surface area contributed by atoms with Gasteiger partial charge < -0.3 is 14.8 Å². The highest BCUT2D eigenvalue weighted by Gasteiger charge is 2.19. The molecule has 1 aromatic carbocycles. The van der Waals surface area contributed by atoms with Gasteiger partial charge >= 0.3 is 5.97 Å². The number of hydrogen-bond donors (Lipinski definition) is 1. The van der Waals surface area contributed by atoms with E-state index in [1.165, 1.54) is 13.0 Å². The number of carbonyl (C=O) groups excluding carboxylic acids is 1. The third-order valence-electron chi connectivity index (χ3n) is 2.33. The Morgan fingerprint density at radius 1 is 1.50 bits per heavy atom. The van der Waals surface area contributed by atoms with Crippen LogP contribution in [0.4, 0.5) is 4.39 Å². The predicted octanol–water partition coefficient (Wildman–Crippen LogP) is 1.88. The van der Waals surface area contributed by atoms with Crippen LogP contribution in [-0.4, -0.2) is 25.7 Å². The van der Waals surface area contributed by atoms with Crippen LogP contribution >= 0.6 is 0 Å². The lowest BCUT2D eigenvalue weighted by Crippen LogP contribution is -2.27. The van der Waals surface area contributed by atoms with Crippen molar-refractivity contribution in [2.75, 3.05) is 13.7 Å². The number of benzene rings is 1. The summed E-state index contributed by atoms with van der Waals surface area (Å²) in [6, 6.07) is 4.64. The Morgan fingerprint density at radius 2 is 2.22 bits per heavy atom. The van der Waals surface area contributed by atoms with E-state index in [-0.39, 0.29) is 12.4 Å². The molecule has 0 spiro atoms. The van der Waals surface area contributed by atoms with Gasteiger partial charge in [-0.25, -0.2) is 9.18 Å². The summed E-state index contributed by atoms with van der Waals surface area (Å²) in [4.78, 5) is 11.4. The van der Waals surface area contributed by atoms with Crippen molar-refractivity contribution in [3.63, 3.8) is 0 Å². The van der Waals surface area contributed by atoms with Crippen LogP contribution < -0.4 is 10.1 Å². The molecule has 0 aliphatic carbocycles. The lowest BCUT2D eigenvalue weighted by atomic mass is 10.2. The van der Waals surface area contributed by atoms with Crippen LogP contribution in [0, 0.1) is 5.82 Å². The molecule has 0 aromatic heterocycles. The van der Waals surface area contributed by atoms with Crippen molar-refractivity contribution < 1.29 is 18.7 Å². The van der Waals surface area contributed by atoms with Crippen LogP contribution in [-0.2, 0) is 16.1 Å². The zero-order valence-electron chi connectivity index (χ0n) is 10.8. The molecule has 1 N–H and O–H groups in total. The third kappa shape index (κ3) is 3.70. The summed E-state index contributed by atoms with van der Waals surface area (Å²) >= 11 is 0. The highest BCUT2D eigenvalue weighted by atomic mass is 19.1. The molecule has 1 atom stereocenters. The Morgan fingerprint density at radius 3 is 2.83 bits per heavy atom. The van der Waals surface area contributed by atoms with Crippen LogP contribution in [0.3, 0.4) is 0 Å². The van der Waals surface area contributed by atoms with E-state index in [0.717, 1.165) is 0 Å². The van der Waals surface area contributed by atoms with Gasteiger partial charge in [0.1, 0.15) is 0 Å². The second-order valence-electron chi connectivity index (χ2n) is 3.77. The zero-order chi connectivity index (χ0) is 13.5. The largest absolute Gasteiger partial charge is 0.476 e. The number of halogens is 1. The quantitative estimate of drug-likeness (QED) is 0.788. The lowest BCUT2D eigenvalue weighted by Gasteiger charge is -2.16. The molecule has 0 saturated heterocycles. The molecule has 0 fully saturated rings. The number of carbonyl (C=O) groups is 1. The average Bonchev–Trinajstić information content (AvgIpc) is 2.34. The number of ether oxygens (including phenoxy) is 2. The molecule has 100 valence electrons. The second-order valence-corrected chi connectivity index (χ2v) is 3.77. The standard InChI is InChI=1S/C13H18FNO3/c1-4-17-13(16)9(2)18-12-10(8-15-3)6-5-7-11(12)14/h5-7,9,15H,4,8H2,1-3H3. The normalized spacial score (nSPS) is 12.0. The molecule has 0 radical (unpaired) electrons. The molecule has 5 heteroatoms. The molecule has 0 aliphatic heterocycles. The maximum atomic E-state index is 13.7. The first kappa shape index (κ1) is 14.4. The van der Waals surface area contributed by atoms with E-state index in [1.54, 1.807) is 26.1 Å². The van der Waals surface area contributed by atoms with E-state index >= 15 is 0 Å². The maximum absolute atomic E-state index is 13.7. The molecule has 0 bridgehead atoms. The Hall–Kier alpha value is -1.62. The van der Waals surface area contributed by atoms with Gasteiger partial charge in [0, 0.05) is 12.1 Å². The minimum Gasteiger partial charge on any atom is -0.476 e. The van der Waals surface area contributed by atoms with Gasteiger partial charge in [-0.1, -0.05) is 12.1 Å². The molecule has 18 heavy (non-hydrogen) atoms. The smallest absolute Gasteiger partial charge is 0.347 e. The van der Waals surface area contributed by atoms with Crippen LogP contribution in [0.2, 0.25) is 0 Å². The number of para-hydroxylation sites is 1. The number of hydrogen-bond acceptors (Lipinski definition) is 4. The van der Waals surface area contributed by atoms with Crippen molar-refractivity contribution in [3.05, 3.63) is 29.6 Å². The minimum atomic E-state index is -0.836. The van der Waals surface area contributed by atoms with Gasteiger partial charge in [-0.05, 0) is 27.0 Å². The van der Waals surface area contributed by atoms with Crippen molar-refractivity contribution >= 4 is 5.97 Å². The molecule has 0 heterocycles. The van der Waals surface area contributed by atoms with Crippen molar-refractivity contribution in [1.29, 1.82) is 0 Å². The molecule has 1 unspecified atom stereocenters. The molecule has 0 aliphatic rings. The van der Waals surface area contributed by atoms with Gasteiger partial charge in [0.2, 0.25) is 0 Å². The molecule has 4 nitrogen and oxygen atoms in total. The predicted molar refractivity (Wildman–Crippen MR) is 65.9 cm³/mol.